The van der Waals surface area contributed by atoms with Crippen LogP contribution in [0.4, 0.5) is 5.69 Å². The van der Waals surface area contributed by atoms with Gasteiger partial charge in [-0.1, -0.05) is 25.0 Å². The van der Waals surface area contributed by atoms with E-state index in [1.807, 2.05) is 0 Å². The highest BCUT2D eigenvalue weighted by Crippen LogP contribution is 2.18. The van der Waals surface area contributed by atoms with Crippen molar-refractivity contribution in [3.05, 3.63) is 29.8 Å². The van der Waals surface area contributed by atoms with Crippen LogP contribution in [0.15, 0.2) is 24.3 Å². The molecule has 1 saturated carbocycles. The summed E-state index contributed by atoms with van der Waals surface area (Å²) in [5.41, 5.74) is 2.65. The highest BCUT2D eigenvalue weighted by molar-refractivity contribution is 5.85. The number of nitrogens with zero attached hydrogens (tertiary/aromatic N) is 1. The predicted molar refractivity (Wildman–Crippen MR) is 77.1 cm³/mol. The van der Waals surface area contributed by atoms with Gasteiger partial charge in [0.2, 0.25) is 0 Å². The molecule has 2 rings (SSSR count). The first-order valence-electron chi connectivity index (χ1n) is 6.25. The molecule has 1 fully saturated rings. The maximum Gasteiger partial charge on any atom is 0.0361 e. The first kappa shape index (κ1) is 14.3. The number of hydrogen-bond acceptors (Lipinski definition) is 2. The molecule has 1 aromatic carbocycles. The van der Waals surface area contributed by atoms with Crippen molar-refractivity contribution in [2.24, 2.45) is 0 Å². The Kier molecular flexibility index (Phi) is 5.79. The summed E-state index contributed by atoms with van der Waals surface area (Å²) in [6, 6.07) is 9.57. The van der Waals surface area contributed by atoms with E-state index in [9.17, 15) is 0 Å². The van der Waals surface area contributed by atoms with Gasteiger partial charge >= 0.3 is 0 Å². The van der Waals surface area contributed by atoms with Crippen LogP contribution in [0, 0.1) is 0 Å². The largest absolute Gasteiger partial charge is 0.378 e. The van der Waals surface area contributed by atoms with Gasteiger partial charge in [-0.15, -0.1) is 12.4 Å². The smallest absolute Gasteiger partial charge is 0.0361 e. The van der Waals surface area contributed by atoms with Crippen molar-refractivity contribution in [2.75, 3.05) is 19.0 Å². The minimum absolute atomic E-state index is 0. The van der Waals surface area contributed by atoms with Gasteiger partial charge < -0.3 is 10.2 Å². The van der Waals surface area contributed by atoms with Gasteiger partial charge in [0.15, 0.2) is 0 Å². The second-order valence-electron chi connectivity index (χ2n) is 4.92. The molecule has 0 atom stereocenters. The van der Waals surface area contributed by atoms with E-state index in [0.717, 1.165) is 12.6 Å². The maximum absolute atomic E-state index is 3.63. The lowest BCUT2D eigenvalue weighted by Gasteiger charge is -2.14. The van der Waals surface area contributed by atoms with Gasteiger partial charge in [-0.3, -0.25) is 0 Å². The fourth-order valence-corrected chi connectivity index (χ4v) is 2.30. The van der Waals surface area contributed by atoms with Crippen LogP contribution in [0.5, 0.6) is 0 Å². The van der Waals surface area contributed by atoms with E-state index in [0.29, 0.717) is 0 Å². The summed E-state index contributed by atoms with van der Waals surface area (Å²) >= 11 is 0. The quantitative estimate of drug-likeness (QED) is 0.888. The van der Waals surface area contributed by atoms with Gasteiger partial charge in [0.05, 0.1) is 0 Å². The Morgan fingerprint density at radius 2 is 1.71 bits per heavy atom. The summed E-state index contributed by atoms with van der Waals surface area (Å²) in [5.74, 6) is 0. The molecule has 0 heterocycles. The Morgan fingerprint density at radius 1 is 1.12 bits per heavy atom. The zero-order valence-electron chi connectivity index (χ0n) is 10.8. The van der Waals surface area contributed by atoms with Crippen molar-refractivity contribution in [2.45, 2.75) is 38.3 Å². The summed E-state index contributed by atoms with van der Waals surface area (Å²) < 4.78 is 0. The Bertz CT molecular complexity index is 315. The lowest BCUT2D eigenvalue weighted by molar-refractivity contribution is 0.524. The van der Waals surface area contributed by atoms with Gasteiger partial charge in [-0.25, -0.2) is 0 Å². The second-order valence-corrected chi connectivity index (χ2v) is 4.92. The highest BCUT2D eigenvalue weighted by Gasteiger charge is 2.13. The third kappa shape index (κ3) is 4.21. The van der Waals surface area contributed by atoms with Crippen LogP contribution in [0.1, 0.15) is 31.2 Å². The first-order chi connectivity index (χ1) is 7.75. The van der Waals surface area contributed by atoms with Crippen LogP contribution in [0.2, 0.25) is 0 Å². The molecule has 0 spiro atoms. The summed E-state index contributed by atoms with van der Waals surface area (Å²) in [4.78, 5) is 2.13. The zero-order chi connectivity index (χ0) is 11.4. The molecule has 1 aromatic rings. The number of rotatable bonds is 4. The summed E-state index contributed by atoms with van der Waals surface area (Å²) in [6.07, 6.45) is 5.51. The average Bonchev–Trinajstić information content (AvgIpc) is 2.80. The van der Waals surface area contributed by atoms with Gasteiger partial charge in [0, 0.05) is 32.4 Å². The van der Waals surface area contributed by atoms with Crippen LogP contribution < -0.4 is 10.2 Å². The van der Waals surface area contributed by atoms with E-state index in [-0.39, 0.29) is 12.4 Å². The number of nitrogens with one attached hydrogen (secondary N) is 1. The Morgan fingerprint density at radius 3 is 2.24 bits per heavy atom. The molecule has 0 radical (unpaired) electrons. The fourth-order valence-electron chi connectivity index (χ4n) is 2.30. The molecule has 1 aliphatic carbocycles. The normalized spacial score (nSPS) is 15.6. The standard InChI is InChI=1S/C14H22N2.ClH/c1-16(2)14-9-7-12(8-10-14)11-15-13-5-3-4-6-13;/h7-10,13,15H,3-6,11H2,1-2H3;1H. The predicted octanol–water partition coefficient (Wildman–Crippen LogP) is 3.21. The first-order valence-corrected chi connectivity index (χ1v) is 6.25. The average molecular weight is 255 g/mol. The van der Waals surface area contributed by atoms with Crippen molar-refractivity contribution < 1.29 is 0 Å². The zero-order valence-corrected chi connectivity index (χ0v) is 11.6. The van der Waals surface area contributed by atoms with Crippen LogP contribution in [-0.4, -0.2) is 20.1 Å². The van der Waals surface area contributed by atoms with Gasteiger partial charge in [0.1, 0.15) is 0 Å². The SMILES string of the molecule is CN(C)c1ccc(CNC2CCCC2)cc1.Cl. The molecule has 17 heavy (non-hydrogen) atoms. The highest BCUT2D eigenvalue weighted by atomic mass is 35.5. The molecule has 1 N–H and O–H groups in total. The second kappa shape index (κ2) is 6.87. The molecular weight excluding hydrogens is 232 g/mol. The van der Waals surface area contributed by atoms with Gasteiger partial charge in [0.25, 0.3) is 0 Å². The molecule has 3 heteroatoms. The van der Waals surface area contributed by atoms with E-state index in [4.69, 9.17) is 0 Å². The molecule has 0 saturated heterocycles. The number of halogens is 1. The van der Waals surface area contributed by atoms with Crippen molar-refractivity contribution in [3.63, 3.8) is 0 Å². The molecule has 0 amide bonds. The molecule has 2 nitrogen and oxygen atoms in total. The molecule has 0 unspecified atom stereocenters. The van der Waals surface area contributed by atoms with Crippen molar-refractivity contribution in [1.29, 1.82) is 0 Å². The van der Waals surface area contributed by atoms with Crippen LogP contribution in [0.3, 0.4) is 0 Å². The summed E-state index contributed by atoms with van der Waals surface area (Å²) in [7, 11) is 4.15. The fraction of sp³-hybridized carbons (Fsp3) is 0.571. The minimum Gasteiger partial charge on any atom is -0.378 e. The number of hydrogen-bond donors (Lipinski definition) is 1. The molecular formula is C14H23ClN2. The van der Waals surface area contributed by atoms with Gasteiger partial charge in [-0.2, -0.15) is 0 Å². The molecule has 0 bridgehead atoms. The number of benzene rings is 1. The van der Waals surface area contributed by atoms with E-state index < -0.39 is 0 Å². The summed E-state index contributed by atoms with van der Waals surface area (Å²) in [5, 5.41) is 3.63. The Hall–Kier alpha value is -0.730. The van der Waals surface area contributed by atoms with Crippen molar-refractivity contribution >= 4 is 18.1 Å². The maximum atomic E-state index is 3.63. The van der Waals surface area contributed by atoms with Gasteiger partial charge in [-0.05, 0) is 30.5 Å². The topological polar surface area (TPSA) is 15.3 Å². The number of anilines is 1. The summed E-state index contributed by atoms with van der Waals surface area (Å²) in [6.45, 7) is 1.01. The Balaban J connectivity index is 0.00000144. The van der Waals surface area contributed by atoms with E-state index >= 15 is 0 Å². The molecule has 1 aliphatic rings. The third-order valence-electron chi connectivity index (χ3n) is 3.40. The van der Waals surface area contributed by atoms with Crippen LogP contribution in [0.25, 0.3) is 0 Å². The van der Waals surface area contributed by atoms with Crippen LogP contribution in [-0.2, 0) is 6.54 Å². The van der Waals surface area contributed by atoms with E-state index in [2.05, 4.69) is 48.6 Å². The third-order valence-corrected chi connectivity index (χ3v) is 3.40. The van der Waals surface area contributed by atoms with Crippen molar-refractivity contribution in [1.82, 2.24) is 5.32 Å². The molecule has 0 aliphatic heterocycles. The minimum atomic E-state index is 0. The van der Waals surface area contributed by atoms with Crippen molar-refractivity contribution in [3.8, 4) is 0 Å². The molecule has 96 valence electrons. The Labute approximate surface area is 111 Å². The lowest BCUT2D eigenvalue weighted by atomic mass is 10.1. The van der Waals surface area contributed by atoms with E-state index in [1.54, 1.807) is 0 Å². The van der Waals surface area contributed by atoms with Crippen LogP contribution >= 0.6 is 12.4 Å². The van der Waals surface area contributed by atoms with E-state index in [1.165, 1.54) is 36.9 Å². The monoisotopic (exact) mass is 254 g/mol. The lowest BCUT2D eigenvalue weighted by Crippen LogP contribution is -2.25. The molecule has 0 aromatic heterocycles.